The third-order valence-electron chi connectivity index (χ3n) is 1.52. The summed E-state index contributed by atoms with van der Waals surface area (Å²) in [6.07, 6.45) is -0.777. The van der Waals surface area contributed by atoms with E-state index in [9.17, 15) is 4.79 Å². The highest BCUT2D eigenvalue weighted by molar-refractivity contribution is 5.64. The fourth-order valence-corrected chi connectivity index (χ4v) is 0.844. The quantitative estimate of drug-likeness (QED) is 0.495. The third kappa shape index (κ3) is 13.2. The van der Waals surface area contributed by atoms with E-state index in [0.29, 0.717) is 26.4 Å². The Hall–Kier alpha value is -0.850. The molecule has 0 aliphatic carbocycles. The van der Waals surface area contributed by atoms with E-state index in [-0.39, 0.29) is 6.61 Å². The van der Waals surface area contributed by atoms with Crippen molar-refractivity contribution in [3.05, 3.63) is 0 Å². The summed E-state index contributed by atoms with van der Waals surface area (Å²) in [7, 11) is 0. The van der Waals surface area contributed by atoms with Gasteiger partial charge in [0.25, 0.3) is 0 Å². The Labute approximate surface area is 90.1 Å². The summed E-state index contributed by atoms with van der Waals surface area (Å²) in [5.41, 5.74) is 4.75. The molecule has 0 rings (SSSR count). The fourth-order valence-electron chi connectivity index (χ4n) is 0.844. The van der Waals surface area contributed by atoms with Gasteiger partial charge in [-0.2, -0.15) is 0 Å². The Bertz CT molecular complexity index is 155. The molecule has 0 bridgehead atoms. The van der Waals surface area contributed by atoms with Gasteiger partial charge in [-0.05, 0) is 6.54 Å². The second-order valence-corrected chi connectivity index (χ2v) is 2.75. The molecular weight excluding hydrogens is 200 g/mol. The van der Waals surface area contributed by atoms with Gasteiger partial charge in [0.2, 0.25) is 0 Å². The number of likely N-dealkylation sites (N-methyl/N-ethyl adjacent to an activating group) is 1. The van der Waals surface area contributed by atoms with Gasteiger partial charge >= 0.3 is 6.09 Å². The maximum atomic E-state index is 10.1. The zero-order chi connectivity index (χ0) is 11.4. The van der Waals surface area contributed by atoms with Gasteiger partial charge in [0.05, 0.1) is 26.4 Å². The Morgan fingerprint density at radius 2 is 1.73 bits per heavy atom. The van der Waals surface area contributed by atoms with Crippen molar-refractivity contribution in [1.29, 1.82) is 0 Å². The smallest absolute Gasteiger partial charge is 0.404 e. The van der Waals surface area contributed by atoms with Gasteiger partial charge in [-0.15, -0.1) is 0 Å². The average molecular weight is 220 g/mol. The van der Waals surface area contributed by atoms with E-state index >= 15 is 0 Å². The first kappa shape index (κ1) is 14.2. The lowest BCUT2D eigenvalue weighted by Gasteiger charge is -2.05. The average Bonchev–Trinajstić information content (AvgIpc) is 2.20. The van der Waals surface area contributed by atoms with Crippen LogP contribution in [0.15, 0.2) is 0 Å². The van der Waals surface area contributed by atoms with Crippen molar-refractivity contribution < 1.29 is 19.0 Å². The summed E-state index contributed by atoms with van der Waals surface area (Å²) < 4.78 is 14.8. The van der Waals surface area contributed by atoms with E-state index in [1.54, 1.807) is 0 Å². The van der Waals surface area contributed by atoms with Crippen molar-refractivity contribution in [2.75, 3.05) is 46.1 Å². The van der Waals surface area contributed by atoms with Crippen molar-refractivity contribution in [3.63, 3.8) is 0 Å². The van der Waals surface area contributed by atoms with Crippen LogP contribution in [0.1, 0.15) is 6.92 Å². The molecule has 0 aromatic rings. The van der Waals surface area contributed by atoms with Crippen LogP contribution < -0.4 is 11.1 Å². The summed E-state index contributed by atoms with van der Waals surface area (Å²) >= 11 is 0. The Morgan fingerprint density at radius 1 is 1.13 bits per heavy atom. The molecule has 0 radical (unpaired) electrons. The minimum Gasteiger partial charge on any atom is -0.447 e. The van der Waals surface area contributed by atoms with Gasteiger partial charge in [0.1, 0.15) is 6.61 Å². The number of carbonyl (C=O) groups is 1. The van der Waals surface area contributed by atoms with Gasteiger partial charge in [-0.1, -0.05) is 6.92 Å². The molecule has 90 valence electrons. The van der Waals surface area contributed by atoms with Crippen LogP contribution in [0.5, 0.6) is 0 Å². The maximum Gasteiger partial charge on any atom is 0.404 e. The van der Waals surface area contributed by atoms with Crippen LogP contribution in [0, 0.1) is 0 Å². The van der Waals surface area contributed by atoms with Crippen molar-refractivity contribution in [2.45, 2.75) is 6.92 Å². The van der Waals surface area contributed by atoms with Gasteiger partial charge in [0, 0.05) is 6.54 Å². The molecule has 0 aromatic heterocycles. The van der Waals surface area contributed by atoms with Crippen molar-refractivity contribution in [2.24, 2.45) is 5.73 Å². The SMILES string of the molecule is CCNCCOCCOCCOC(N)=O. The van der Waals surface area contributed by atoms with Gasteiger partial charge < -0.3 is 25.3 Å². The Kier molecular flexibility index (Phi) is 10.6. The summed E-state index contributed by atoms with van der Waals surface area (Å²) in [6, 6.07) is 0. The van der Waals surface area contributed by atoms with Crippen molar-refractivity contribution in [3.8, 4) is 0 Å². The topological polar surface area (TPSA) is 82.8 Å². The molecule has 0 saturated heterocycles. The third-order valence-corrected chi connectivity index (χ3v) is 1.52. The van der Waals surface area contributed by atoms with Gasteiger partial charge in [-0.25, -0.2) is 4.79 Å². The molecule has 0 aliphatic rings. The molecule has 0 aliphatic heterocycles. The second-order valence-electron chi connectivity index (χ2n) is 2.75. The monoisotopic (exact) mass is 220 g/mol. The van der Waals surface area contributed by atoms with E-state index in [0.717, 1.165) is 13.1 Å². The minimum absolute atomic E-state index is 0.187. The first-order valence-electron chi connectivity index (χ1n) is 5.05. The maximum absolute atomic E-state index is 10.1. The lowest BCUT2D eigenvalue weighted by molar-refractivity contribution is 0.0302. The normalized spacial score (nSPS) is 10.2. The molecule has 0 spiro atoms. The minimum atomic E-state index is -0.777. The van der Waals surface area contributed by atoms with Crippen LogP contribution >= 0.6 is 0 Å². The van der Waals surface area contributed by atoms with Crippen molar-refractivity contribution in [1.82, 2.24) is 5.32 Å². The number of hydrogen-bond acceptors (Lipinski definition) is 5. The number of amides is 1. The van der Waals surface area contributed by atoms with Gasteiger partial charge in [-0.3, -0.25) is 0 Å². The molecule has 0 atom stereocenters. The molecule has 0 aromatic carbocycles. The Balaban J connectivity index is 2.89. The highest BCUT2D eigenvalue weighted by Gasteiger charge is 1.93. The van der Waals surface area contributed by atoms with Crippen LogP contribution in [-0.2, 0) is 14.2 Å². The van der Waals surface area contributed by atoms with Crippen LogP contribution in [0.3, 0.4) is 0 Å². The number of nitrogens with two attached hydrogens (primary N) is 1. The number of hydrogen-bond donors (Lipinski definition) is 2. The standard InChI is InChI=1S/C9H20N2O4/c1-2-11-3-4-13-5-6-14-7-8-15-9(10)12/h11H,2-8H2,1H3,(H2,10,12). The molecule has 6 nitrogen and oxygen atoms in total. The molecule has 0 unspecified atom stereocenters. The van der Waals surface area contributed by atoms with Gasteiger partial charge in [0.15, 0.2) is 0 Å². The number of nitrogens with one attached hydrogen (secondary N) is 1. The predicted molar refractivity (Wildman–Crippen MR) is 55.7 cm³/mol. The fraction of sp³-hybridized carbons (Fsp3) is 0.889. The molecule has 0 saturated carbocycles. The summed E-state index contributed by atoms with van der Waals surface area (Å²) in [6.45, 7) is 6.09. The zero-order valence-electron chi connectivity index (χ0n) is 9.16. The van der Waals surface area contributed by atoms with E-state index in [4.69, 9.17) is 15.2 Å². The molecular formula is C9H20N2O4. The summed E-state index contributed by atoms with van der Waals surface area (Å²) in [5.74, 6) is 0. The highest BCUT2D eigenvalue weighted by Crippen LogP contribution is 1.80. The van der Waals surface area contributed by atoms with Crippen LogP contribution in [0.2, 0.25) is 0 Å². The Morgan fingerprint density at radius 3 is 2.33 bits per heavy atom. The molecule has 15 heavy (non-hydrogen) atoms. The number of rotatable bonds is 10. The van der Waals surface area contributed by atoms with Crippen LogP contribution in [-0.4, -0.2) is 52.2 Å². The van der Waals surface area contributed by atoms with E-state index < -0.39 is 6.09 Å². The summed E-state index contributed by atoms with van der Waals surface area (Å²) in [5, 5.41) is 3.13. The highest BCUT2D eigenvalue weighted by atomic mass is 16.6. The first-order valence-corrected chi connectivity index (χ1v) is 5.05. The van der Waals surface area contributed by atoms with Crippen LogP contribution in [0.4, 0.5) is 4.79 Å². The number of primary amides is 1. The molecule has 0 fully saturated rings. The molecule has 3 N–H and O–H groups in total. The molecule has 6 heteroatoms. The largest absolute Gasteiger partial charge is 0.447 e. The molecule has 0 heterocycles. The lowest BCUT2D eigenvalue weighted by atomic mass is 10.6. The first-order chi connectivity index (χ1) is 7.27. The number of ether oxygens (including phenoxy) is 3. The number of carbonyl (C=O) groups excluding carboxylic acids is 1. The predicted octanol–water partition coefficient (Wildman–Crippen LogP) is -0.276. The van der Waals surface area contributed by atoms with Crippen molar-refractivity contribution >= 4 is 6.09 Å². The van der Waals surface area contributed by atoms with Crippen LogP contribution in [0.25, 0.3) is 0 Å². The van der Waals surface area contributed by atoms with E-state index in [1.165, 1.54) is 0 Å². The van der Waals surface area contributed by atoms with E-state index in [1.807, 2.05) is 6.92 Å². The molecule has 1 amide bonds. The lowest BCUT2D eigenvalue weighted by Crippen LogP contribution is -2.20. The summed E-state index contributed by atoms with van der Waals surface area (Å²) in [4.78, 5) is 10.1. The second kappa shape index (κ2) is 11.2. The van der Waals surface area contributed by atoms with E-state index in [2.05, 4.69) is 10.1 Å². The zero-order valence-corrected chi connectivity index (χ0v) is 9.16.